The van der Waals surface area contributed by atoms with E-state index >= 15 is 0 Å². The number of hydrogen-bond acceptors (Lipinski definition) is 5. The number of nitrogens with zero attached hydrogens (tertiary/aromatic N) is 3. The third-order valence-electron chi connectivity index (χ3n) is 6.57. The Labute approximate surface area is 223 Å². The lowest BCUT2D eigenvalue weighted by atomic mass is 9.97. The van der Waals surface area contributed by atoms with E-state index in [1.165, 1.54) is 0 Å². The number of carbonyl (C=O) groups excluding carboxylic acids is 2. The van der Waals surface area contributed by atoms with Crippen LogP contribution in [0.1, 0.15) is 52.2 Å². The van der Waals surface area contributed by atoms with Crippen LogP contribution in [0, 0.1) is 13.8 Å². The summed E-state index contributed by atoms with van der Waals surface area (Å²) >= 11 is 6.65. The van der Waals surface area contributed by atoms with Gasteiger partial charge in [-0.05, 0) is 62.9 Å². The molecule has 194 valence electrons. The number of ether oxygens (including phenoxy) is 2. The van der Waals surface area contributed by atoms with Gasteiger partial charge in [-0.3, -0.25) is 4.79 Å². The fourth-order valence-corrected chi connectivity index (χ4v) is 4.78. The summed E-state index contributed by atoms with van der Waals surface area (Å²) < 4.78 is 11.7. The van der Waals surface area contributed by atoms with Crippen LogP contribution in [-0.4, -0.2) is 46.4 Å². The van der Waals surface area contributed by atoms with Crippen LogP contribution in [0.15, 0.2) is 48.5 Å². The van der Waals surface area contributed by atoms with Gasteiger partial charge in [0.05, 0.1) is 17.1 Å². The normalized spacial score (nSPS) is 12.8. The Kier molecular flexibility index (Phi) is 8.34. The molecule has 1 aliphatic heterocycles. The average Bonchev–Trinajstić information content (AvgIpc) is 2.88. The minimum absolute atomic E-state index is 0.159. The molecule has 2 amide bonds. The van der Waals surface area contributed by atoms with Crippen LogP contribution in [0.2, 0.25) is 5.02 Å². The number of aromatic nitrogens is 1. The zero-order chi connectivity index (χ0) is 26.5. The van der Waals surface area contributed by atoms with Crippen LogP contribution in [0.5, 0.6) is 11.6 Å². The van der Waals surface area contributed by atoms with E-state index < -0.39 is 6.09 Å². The van der Waals surface area contributed by atoms with Gasteiger partial charge in [-0.15, -0.1) is 0 Å². The predicted octanol–water partition coefficient (Wildman–Crippen LogP) is 5.97. The van der Waals surface area contributed by atoms with Gasteiger partial charge in [0.1, 0.15) is 6.61 Å². The molecule has 0 unspecified atom stereocenters. The lowest BCUT2D eigenvalue weighted by Gasteiger charge is -2.30. The van der Waals surface area contributed by atoms with Crippen molar-refractivity contribution in [2.24, 2.45) is 0 Å². The molecule has 2 heterocycles. The van der Waals surface area contributed by atoms with Crippen molar-refractivity contribution in [2.45, 2.75) is 47.3 Å². The van der Waals surface area contributed by atoms with E-state index in [4.69, 9.17) is 21.1 Å². The summed E-state index contributed by atoms with van der Waals surface area (Å²) in [5.74, 6) is 0.501. The smallest absolute Gasteiger partial charge is 0.415 e. The summed E-state index contributed by atoms with van der Waals surface area (Å²) in [6.07, 6.45) is 0.150. The second-order valence-corrected chi connectivity index (χ2v) is 9.45. The molecule has 0 N–H and O–H groups in total. The molecule has 0 fully saturated rings. The highest BCUT2D eigenvalue weighted by molar-refractivity contribution is 6.35. The maximum Gasteiger partial charge on any atom is 0.415 e. The van der Waals surface area contributed by atoms with Crippen LogP contribution in [0.25, 0.3) is 0 Å². The third kappa shape index (κ3) is 5.88. The fraction of sp³-hybridized carbons (Fsp3) is 0.345. The van der Waals surface area contributed by atoms with Crippen molar-refractivity contribution in [1.29, 1.82) is 0 Å². The average molecular weight is 522 g/mol. The van der Waals surface area contributed by atoms with Gasteiger partial charge in [-0.1, -0.05) is 48.0 Å². The monoisotopic (exact) mass is 521 g/mol. The number of aryl methyl sites for hydroxylation is 2. The Hall–Kier alpha value is -3.58. The van der Waals surface area contributed by atoms with E-state index in [2.05, 4.69) is 4.98 Å². The molecule has 2 aromatic carbocycles. The molecule has 0 bridgehead atoms. The van der Waals surface area contributed by atoms with Crippen molar-refractivity contribution in [3.05, 3.63) is 87.1 Å². The molecule has 0 saturated heterocycles. The van der Waals surface area contributed by atoms with E-state index in [1.807, 2.05) is 70.2 Å². The van der Waals surface area contributed by atoms with E-state index in [0.717, 1.165) is 27.9 Å². The van der Waals surface area contributed by atoms with Gasteiger partial charge in [0.15, 0.2) is 5.75 Å². The fourth-order valence-electron chi connectivity index (χ4n) is 4.48. The predicted molar refractivity (Wildman–Crippen MR) is 143 cm³/mol. The number of amides is 2. The standard InChI is InChI=1S/C29H32ClN3O4/c1-5-32(6-2)29(35)37-24-13-12-22-14-15-33(28(34)25(22)26(24)30)17-23-19(3)16-20(4)31-27(23)36-18-21-10-8-7-9-11-21/h7-13,16H,5-6,14-15,17-18H2,1-4H3. The molecule has 7 nitrogen and oxygen atoms in total. The van der Waals surface area contributed by atoms with E-state index in [1.54, 1.807) is 15.9 Å². The van der Waals surface area contributed by atoms with Crippen LogP contribution in [0.4, 0.5) is 4.79 Å². The SMILES string of the molecule is CCN(CC)C(=O)Oc1ccc2c(c1Cl)C(=O)N(Cc1c(C)cc(C)nc1OCc1ccccc1)CC2. The summed E-state index contributed by atoms with van der Waals surface area (Å²) in [5.41, 5.74) is 4.97. The third-order valence-corrected chi connectivity index (χ3v) is 6.94. The number of carbonyl (C=O) groups is 2. The first-order valence-electron chi connectivity index (χ1n) is 12.5. The summed E-state index contributed by atoms with van der Waals surface area (Å²) in [5, 5.41) is 0.159. The van der Waals surface area contributed by atoms with Gasteiger partial charge in [-0.25, -0.2) is 9.78 Å². The molecule has 8 heteroatoms. The quantitative estimate of drug-likeness (QED) is 0.365. The van der Waals surface area contributed by atoms with Gasteiger partial charge >= 0.3 is 6.09 Å². The Balaban J connectivity index is 1.58. The second kappa shape index (κ2) is 11.6. The number of halogens is 1. The van der Waals surface area contributed by atoms with Crippen molar-refractivity contribution in [3.63, 3.8) is 0 Å². The van der Waals surface area contributed by atoms with Crippen molar-refractivity contribution in [2.75, 3.05) is 19.6 Å². The molecule has 0 radical (unpaired) electrons. The molecule has 1 aromatic heterocycles. The van der Waals surface area contributed by atoms with E-state index in [9.17, 15) is 9.59 Å². The first-order valence-corrected chi connectivity index (χ1v) is 12.9. The van der Waals surface area contributed by atoms with Gasteiger partial charge in [0.2, 0.25) is 5.88 Å². The van der Waals surface area contributed by atoms with Gasteiger partial charge in [0, 0.05) is 30.9 Å². The zero-order valence-electron chi connectivity index (χ0n) is 21.7. The van der Waals surface area contributed by atoms with Crippen LogP contribution < -0.4 is 9.47 Å². The lowest BCUT2D eigenvalue weighted by molar-refractivity contribution is 0.0724. The Morgan fingerprint density at radius 3 is 2.54 bits per heavy atom. The maximum absolute atomic E-state index is 13.6. The number of hydrogen-bond donors (Lipinski definition) is 0. The first-order chi connectivity index (χ1) is 17.8. The van der Waals surface area contributed by atoms with Gasteiger partial charge in [0.25, 0.3) is 5.91 Å². The molecule has 0 saturated carbocycles. The highest BCUT2D eigenvalue weighted by Crippen LogP contribution is 2.36. The minimum atomic E-state index is -0.492. The summed E-state index contributed by atoms with van der Waals surface area (Å²) in [6.45, 7) is 9.96. The molecule has 1 aliphatic rings. The van der Waals surface area contributed by atoms with E-state index in [0.29, 0.717) is 50.7 Å². The van der Waals surface area contributed by atoms with Crippen molar-refractivity contribution < 1.29 is 19.1 Å². The number of fused-ring (bicyclic) bond motifs is 1. The molecule has 4 rings (SSSR count). The van der Waals surface area contributed by atoms with Gasteiger partial charge in [-0.2, -0.15) is 0 Å². The highest BCUT2D eigenvalue weighted by atomic mass is 35.5. The molecular weight excluding hydrogens is 490 g/mol. The number of pyridine rings is 1. The molecule has 0 aliphatic carbocycles. The Morgan fingerprint density at radius 2 is 1.84 bits per heavy atom. The molecule has 3 aromatic rings. The van der Waals surface area contributed by atoms with Crippen molar-refractivity contribution >= 4 is 23.6 Å². The zero-order valence-corrected chi connectivity index (χ0v) is 22.5. The first kappa shape index (κ1) is 26.5. The largest absolute Gasteiger partial charge is 0.473 e. The summed E-state index contributed by atoms with van der Waals surface area (Å²) in [6, 6.07) is 15.4. The minimum Gasteiger partial charge on any atom is -0.473 e. The summed E-state index contributed by atoms with van der Waals surface area (Å²) in [7, 11) is 0. The van der Waals surface area contributed by atoms with E-state index in [-0.39, 0.29) is 16.7 Å². The van der Waals surface area contributed by atoms with Gasteiger partial charge < -0.3 is 19.3 Å². The Morgan fingerprint density at radius 1 is 1.11 bits per heavy atom. The maximum atomic E-state index is 13.6. The number of benzene rings is 2. The molecular formula is C29H32ClN3O4. The Bertz CT molecular complexity index is 1290. The van der Waals surface area contributed by atoms with Crippen LogP contribution >= 0.6 is 11.6 Å². The van der Waals surface area contributed by atoms with Crippen molar-refractivity contribution in [1.82, 2.24) is 14.8 Å². The molecule has 37 heavy (non-hydrogen) atoms. The van der Waals surface area contributed by atoms with Crippen LogP contribution in [-0.2, 0) is 19.6 Å². The molecule has 0 atom stereocenters. The van der Waals surface area contributed by atoms with Crippen LogP contribution in [0.3, 0.4) is 0 Å². The highest BCUT2D eigenvalue weighted by Gasteiger charge is 2.30. The topological polar surface area (TPSA) is 72.0 Å². The van der Waals surface area contributed by atoms with Crippen molar-refractivity contribution in [3.8, 4) is 11.6 Å². The molecule has 0 spiro atoms. The lowest BCUT2D eigenvalue weighted by Crippen LogP contribution is -2.38. The number of rotatable bonds is 8. The summed E-state index contributed by atoms with van der Waals surface area (Å²) in [4.78, 5) is 34.0. The second-order valence-electron chi connectivity index (χ2n) is 9.07.